The molecule has 0 fully saturated rings. The second kappa shape index (κ2) is 9.50. The van der Waals surface area contributed by atoms with Gasteiger partial charge in [-0.1, -0.05) is 62.3 Å². The SMILES string of the molecule is CCCCCCc1ccc2cc3sc4cc5cc(C#Cc6ccc(C)s6)ccc5cc4c3cc2c1. The van der Waals surface area contributed by atoms with E-state index in [1.165, 1.54) is 84.3 Å². The van der Waals surface area contributed by atoms with Crippen LogP contribution in [0.15, 0.2) is 72.8 Å². The molecule has 0 aliphatic heterocycles. The highest BCUT2D eigenvalue weighted by atomic mass is 32.1. The second-order valence-corrected chi connectivity index (χ2v) is 11.9. The van der Waals surface area contributed by atoms with Crippen molar-refractivity contribution in [3.8, 4) is 11.8 Å². The minimum atomic E-state index is 1.07. The van der Waals surface area contributed by atoms with E-state index in [1.807, 2.05) is 11.3 Å². The number of hydrogen-bond acceptors (Lipinski definition) is 2. The smallest absolute Gasteiger partial charge is 0.0775 e. The average molecular weight is 489 g/mol. The predicted molar refractivity (Wildman–Crippen MR) is 157 cm³/mol. The fourth-order valence-electron chi connectivity index (χ4n) is 4.94. The van der Waals surface area contributed by atoms with Gasteiger partial charge in [0.15, 0.2) is 0 Å². The van der Waals surface area contributed by atoms with Crippen molar-refractivity contribution in [2.24, 2.45) is 0 Å². The highest BCUT2D eigenvalue weighted by Crippen LogP contribution is 2.39. The Morgan fingerprint density at radius 3 is 2.17 bits per heavy atom. The third-order valence-corrected chi connectivity index (χ3v) is 8.87. The van der Waals surface area contributed by atoms with Gasteiger partial charge in [-0.3, -0.25) is 0 Å². The molecule has 0 amide bonds. The first-order valence-electron chi connectivity index (χ1n) is 12.6. The third kappa shape index (κ3) is 4.59. The van der Waals surface area contributed by atoms with Crippen LogP contribution < -0.4 is 0 Å². The van der Waals surface area contributed by atoms with Crippen LogP contribution >= 0.6 is 22.7 Å². The average Bonchev–Trinajstić information content (AvgIpc) is 3.44. The van der Waals surface area contributed by atoms with Gasteiger partial charge in [0.1, 0.15) is 0 Å². The maximum atomic E-state index is 3.35. The molecule has 0 aliphatic carbocycles. The number of fused-ring (bicyclic) bond motifs is 5. The van der Waals surface area contributed by atoms with Crippen LogP contribution in [0.5, 0.6) is 0 Å². The van der Waals surface area contributed by atoms with Gasteiger partial charge in [-0.2, -0.15) is 0 Å². The van der Waals surface area contributed by atoms with E-state index < -0.39 is 0 Å². The molecule has 0 unspecified atom stereocenters. The lowest BCUT2D eigenvalue weighted by molar-refractivity contribution is 0.667. The van der Waals surface area contributed by atoms with Crippen LogP contribution in [0.3, 0.4) is 0 Å². The predicted octanol–water partition coefficient (Wildman–Crippen LogP) is 10.3. The van der Waals surface area contributed by atoms with Crippen LogP contribution in [0.4, 0.5) is 0 Å². The summed E-state index contributed by atoms with van der Waals surface area (Å²) in [7, 11) is 0. The normalized spacial score (nSPS) is 11.5. The van der Waals surface area contributed by atoms with Crippen molar-refractivity contribution in [2.75, 3.05) is 0 Å². The molecular formula is C33H28S2. The summed E-state index contributed by atoms with van der Waals surface area (Å²) in [6, 6.07) is 27.4. The fraction of sp³-hybridized carbons (Fsp3) is 0.212. The molecule has 6 rings (SSSR count). The molecule has 0 aliphatic rings. The largest absolute Gasteiger partial charge is 0.135 e. The monoisotopic (exact) mass is 488 g/mol. The van der Waals surface area contributed by atoms with E-state index >= 15 is 0 Å². The molecule has 0 saturated heterocycles. The summed E-state index contributed by atoms with van der Waals surface area (Å²) in [5, 5.41) is 7.98. The number of thiophene rings is 2. The molecule has 35 heavy (non-hydrogen) atoms. The van der Waals surface area contributed by atoms with Crippen molar-refractivity contribution in [1.82, 2.24) is 0 Å². The number of unbranched alkanes of at least 4 members (excludes halogenated alkanes) is 3. The van der Waals surface area contributed by atoms with Gasteiger partial charge in [0.05, 0.1) is 4.88 Å². The molecule has 172 valence electrons. The molecule has 4 aromatic carbocycles. The van der Waals surface area contributed by atoms with E-state index in [9.17, 15) is 0 Å². The van der Waals surface area contributed by atoms with Crippen molar-refractivity contribution in [1.29, 1.82) is 0 Å². The Labute approximate surface area is 215 Å². The lowest BCUT2D eigenvalue weighted by Gasteiger charge is -2.05. The first kappa shape index (κ1) is 22.4. The summed E-state index contributed by atoms with van der Waals surface area (Å²) in [4.78, 5) is 2.43. The molecule has 0 N–H and O–H groups in total. The van der Waals surface area contributed by atoms with E-state index in [2.05, 4.69) is 98.5 Å². The molecule has 0 saturated carbocycles. The first-order chi connectivity index (χ1) is 17.2. The van der Waals surface area contributed by atoms with Crippen LogP contribution in [0.25, 0.3) is 41.7 Å². The zero-order chi connectivity index (χ0) is 23.8. The van der Waals surface area contributed by atoms with Gasteiger partial charge in [-0.25, -0.2) is 0 Å². The maximum Gasteiger partial charge on any atom is 0.0775 e. The standard InChI is InChI=1S/C33H28S2/c1-3-4-5-6-7-23-9-13-26-20-32-31(19-27(26)16-23)30-18-25-12-10-24(17-28(25)21-33(30)35-32)11-15-29-14-8-22(2)34-29/h8-10,12-14,16-21H,3-7H2,1-2H3. The van der Waals surface area contributed by atoms with Crippen LogP contribution in [0.1, 0.15) is 53.5 Å². The molecule has 0 atom stereocenters. The van der Waals surface area contributed by atoms with E-state index in [4.69, 9.17) is 0 Å². The fourth-order valence-corrected chi connectivity index (χ4v) is 6.82. The number of hydrogen-bond donors (Lipinski definition) is 0. The van der Waals surface area contributed by atoms with E-state index in [0.29, 0.717) is 0 Å². The summed E-state index contributed by atoms with van der Waals surface area (Å²) in [5.41, 5.74) is 2.53. The first-order valence-corrected chi connectivity index (χ1v) is 14.2. The molecule has 2 heteroatoms. The molecule has 2 heterocycles. The summed E-state index contributed by atoms with van der Waals surface area (Å²) < 4.78 is 2.72. The quantitative estimate of drug-likeness (QED) is 0.167. The Hall–Kier alpha value is -3.12. The van der Waals surface area contributed by atoms with Gasteiger partial charge in [-0.15, -0.1) is 22.7 Å². The minimum Gasteiger partial charge on any atom is -0.135 e. The second-order valence-electron chi connectivity index (χ2n) is 9.51. The number of aryl methyl sites for hydroxylation is 2. The summed E-state index contributed by atoms with van der Waals surface area (Å²) in [5.74, 6) is 6.67. The molecule has 0 bridgehead atoms. The van der Waals surface area contributed by atoms with E-state index in [1.54, 1.807) is 11.3 Å². The van der Waals surface area contributed by atoms with Crippen molar-refractivity contribution in [2.45, 2.75) is 46.0 Å². The molecular weight excluding hydrogens is 460 g/mol. The molecule has 2 aromatic heterocycles. The molecule has 6 aromatic rings. The molecule has 0 radical (unpaired) electrons. The Kier molecular flexibility index (Phi) is 6.06. The van der Waals surface area contributed by atoms with Crippen molar-refractivity contribution in [3.05, 3.63) is 93.7 Å². The van der Waals surface area contributed by atoms with Crippen LogP contribution in [0.2, 0.25) is 0 Å². The maximum absolute atomic E-state index is 3.35. The van der Waals surface area contributed by atoms with Gasteiger partial charge in [0.2, 0.25) is 0 Å². The summed E-state index contributed by atoms with van der Waals surface area (Å²) >= 11 is 3.65. The topological polar surface area (TPSA) is 0 Å². The Bertz CT molecular complexity index is 1750. The number of rotatable bonds is 5. The summed E-state index contributed by atoms with van der Waals surface area (Å²) in [6.45, 7) is 4.40. The summed E-state index contributed by atoms with van der Waals surface area (Å²) in [6.07, 6.45) is 6.43. The molecule has 0 spiro atoms. The Morgan fingerprint density at radius 2 is 1.37 bits per heavy atom. The lowest BCUT2D eigenvalue weighted by Crippen LogP contribution is -1.86. The van der Waals surface area contributed by atoms with E-state index in [-0.39, 0.29) is 0 Å². The zero-order valence-corrected chi connectivity index (χ0v) is 21.9. The van der Waals surface area contributed by atoms with E-state index in [0.717, 1.165) is 10.4 Å². The number of benzene rings is 4. The highest BCUT2D eigenvalue weighted by Gasteiger charge is 2.09. The van der Waals surface area contributed by atoms with Gasteiger partial charge in [-0.05, 0) is 95.4 Å². The van der Waals surface area contributed by atoms with Gasteiger partial charge < -0.3 is 0 Å². The van der Waals surface area contributed by atoms with Gasteiger partial charge in [0, 0.05) is 30.6 Å². The van der Waals surface area contributed by atoms with Crippen LogP contribution in [-0.2, 0) is 6.42 Å². The minimum absolute atomic E-state index is 1.07. The lowest BCUT2D eigenvalue weighted by atomic mass is 9.99. The molecule has 0 nitrogen and oxygen atoms in total. The van der Waals surface area contributed by atoms with Crippen LogP contribution in [0, 0.1) is 18.8 Å². The Morgan fingerprint density at radius 1 is 0.629 bits per heavy atom. The van der Waals surface area contributed by atoms with Crippen LogP contribution in [-0.4, -0.2) is 0 Å². The van der Waals surface area contributed by atoms with Gasteiger partial charge in [0.25, 0.3) is 0 Å². The third-order valence-electron chi connectivity index (χ3n) is 6.84. The van der Waals surface area contributed by atoms with Crippen molar-refractivity contribution < 1.29 is 0 Å². The van der Waals surface area contributed by atoms with Crippen molar-refractivity contribution >= 4 is 64.4 Å². The zero-order valence-electron chi connectivity index (χ0n) is 20.3. The van der Waals surface area contributed by atoms with Gasteiger partial charge >= 0.3 is 0 Å². The highest BCUT2D eigenvalue weighted by molar-refractivity contribution is 7.26. The Balaban J connectivity index is 1.38. The van der Waals surface area contributed by atoms with Crippen molar-refractivity contribution in [3.63, 3.8) is 0 Å².